The zero-order chi connectivity index (χ0) is 20.9. The smallest absolute Gasteiger partial charge is 0.254 e. The maximum Gasteiger partial charge on any atom is 0.254 e. The van der Waals surface area contributed by atoms with Gasteiger partial charge in [-0.2, -0.15) is 0 Å². The number of rotatable bonds is 5. The Morgan fingerprint density at radius 1 is 0.967 bits per heavy atom. The van der Waals surface area contributed by atoms with Crippen LogP contribution in [0.25, 0.3) is 22.8 Å². The highest BCUT2D eigenvalue weighted by molar-refractivity contribution is 6.00. The van der Waals surface area contributed by atoms with Crippen molar-refractivity contribution in [3.05, 3.63) is 54.2 Å². The van der Waals surface area contributed by atoms with E-state index in [1.807, 2.05) is 41.3 Å². The first-order valence-electron chi connectivity index (χ1n) is 10.3. The number of methoxy groups -OCH3 is 2. The van der Waals surface area contributed by atoms with Gasteiger partial charge in [-0.05, 0) is 37.1 Å². The highest BCUT2D eigenvalue weighted by Gasteiger charge is 2.23. The Morgan fingerprint density at radius 3 is 2.47 bits per heavy atom. The summed E-state index contributed by atoms with van der Waals surface area (Å²) in [6.45, 7) is 1.60. The molecule has 1 amide bonds. The highest BCUT2D eigenvalue weighted by atomic mass is 16.5. The van der Waals surface area contributed by atoms with E-state index in [0.29, 0.717) is 34.3 Å². The second-order valence-corrected chi connectivity index (χ2v) is 7.35. The van der Waals surface area contributed by atoms with Gasteiger partial charge >= 0.3 is 0 Å². The molecule has 4 rings (SSSR count). The summed E-state index contributed by atoms with van der Waals surface area (Å²) in [6.07, 6.45) is 6.12. The van der Waals surface area contributed by atoms with E-state index in [0.717, 1.165) is 31.5 Å². The fourth-order valence-electron chi connectivity index (χ4n) is 3.83. The maximum absolute atomic E-state index is 13.2. The van der Waals surface area contributed by atoms with Crippen LogP contribution >= 0.6 is 0 Å². The van der Waals surface area contributed by atoms with E-state index in [9.17, 15) is 4.79 Å². The SMILES string of the molecule is COc1ccc(-c2cnc(-c3ccccc3C(=O)N3CCCCCC3)o2)c(OC)c1. The summed E-state index contributed by atoms with van der Waals surface area (Å²) < 4.78 is 16.8. The number of benzene rings is 2. The lowest BCUT2D eigenvalue weighted by molar-refractivity contribution is 0.0762. The van der Waals surface area contributed by atoms with E-state index < -0.39 is 0 Å². The fourth-order valence-corrected chi connectivity index (χ4v) is 3.83. The Morgan fingerprint density at radius 2 is 1.73 bits per heavy atom. The molecule has 0 aliphatic carbocycles. The molecule has 6 nitrogen and oxygen atoms in total. The molecule has 3 aromatic rings. The van der Waals surface area contributed by atoms with Crippen molar-refractivity contribution in [3.63, 3.8) is 0 Å². The van der Waals surface area contributed by atoms with Crippen LogP contribution in [0.5, 0.6) is 11.5 Å². The molecule has 1 aromatic heterocycles. The summed E-state index contributed by atoms with van der Waals surface area (Å²) in [5.74, 6) is 2.35. The zero-order valence-electron chi connectivity index (χ0n) is 17.4. The van der Waals surface area contributed by atoms with Crippen LogP contribution in [-0.4, -0.2) is 43.1 Å². The summed E-state index contributed by atoms with van der Waals surface area (Å²) in [7, 11) is 3.21. The van der Waals surface area contributed by atoms with E-state index in [1.54, 1.807) is 26.5 Å². The average molecular weight is 406 g/mol. The van der Waals surface area contributed by atoms with Gasteiger partial charge in [0.25, 0.3) is 5.91 Å². The van der Waals surface area contributed by atoms with Gasteiger partial charge in [-0.3, -0.25) is 4.79 Å². The first kappa shape index (κ1) is 20.0. The maximum atomic E-state index is 13.2. The molecule has 0 saturated carbocycles. The van der Waals surface area contributed by atoms with E-state index in [4.69, 9.17) is 13.9 Å². The van der Waals surface area contributed by atoms with Crippen molar-refractivity contribution in [2.24, 2.45) is 0 Å². The number of carbonyl (C=O) groups is 1. The second kappa shape index (κ2) is 9.03. The lowest BCUT2D eigenvalue weighted by Crippen LogP contribution is -2.32. The number of aromatic nitrogens is 1. The first-order valence-corrected chi connectivity index (χ1v) is 10.3. The number of hydrogen-bond donors (Lipinski definition) is 0. The molecule has 1 aliphatic rings. The molecule has 156 valence electrons. The van der Waals surface area contributed by atoms with Crippen LogP contribution in [0, 0.1) is 0 Å². The molecule has 2 heterocycles. The van der Waals surface area contributed by atoms with Gasteiger partial charge in [0.15, 0.2) is 5.76 Å². The van der Waals surface area contributed by atoms with Crippen molar-refractivity contribution >= 4 is 5.91 Å². The van der Waals surface area contributed by atoms with Gasteiger partial charge in [0.1, 0.15) is 11.5 Å². The van der Waals surface area contributed by atoms with Gasteiger partial charge in [0.2, 0.25) is 5.89 Å². The molecule has 30 heavy (non-hydrogen) atoms. The zero-order valence-corrected chi connectivity index (χ0v) is 17.4. The lowest BCUT2D eigenvalue weighted by Gasteiger charge is -2.21. The summed E-state index contributed by atoms with van der Waals surface area (Å²) >= 11 is 0. The molecule has 0 bridgehead atoms. The Labute approximate surface area is 176 Å². The third kappa shape index (κ3) is 4.03. The topological polar surface area (TPSA) is 64.8 Å². The van der Waals surface area contributed by atoms with Crippen molar-refractivity contribution in [1.29, 1.82) is 0 Å². The van der Waals surface area contributed by atoms with Gasteiger partial charge in [0, 0.05) is 24.7 Å². The Balaban J connectivity index is 1.67. The number of likely N-dealkylation sites (tertiary alicyclic amines) is 1. The molecule has 1 saturated heterocycles. The standard InChI is InChI=1S/C24H26N2O4/c1-28-17-11-12-20(21(15-17)29-2)22-16-25-23(30-22)18-9-5-6-10-19(18)24(27)26-13-7-3-4-8-14-26/h5-6,9-12,15-16H,3-4,7-8,13-14H2,1-2H3. The van der Waals surface area contributed by atoms with Crippen LogP contribution in [0.15, 0.2) is 53.1 Å². The third-order valence-electron chi connectivity index (χ3n) is 5.46. The first-order chi connectivity index (χ1) is 14.7. The predicted molar refractivity (Wildman–Crippen MR) is 115 cm³/mol. The van der Waals surface area contributed by atoms with Crippen LogP contribution in [0.4, 0.5) is 0 Å². The Hall–Kier alpha value is -3.28. The summed E-state index contributed by atoms with van der Waals surface area (Å²) in [5, 5.41) is 0. The second-order valence-electron chi connectivity index (χ2n) is 7.35. The van der Waals surface area contributed by atoms with Crippen molar-refractivity contribution in [2.75, 3.05) is 27.3 Å². The largest absolute Gasteiger partial charge is 0.497 e. The predicted octanol–water partition coefficient (Wildman–Crippen LogP) is 5.04. The van der Waals surface area contributed by atoms with E-state index in [1.165, 1.54) is 12.8 Å². The molecule has 6 heteroatoms. The quantitative estimate of drug-likeness (QED) is 0.594. The number of hydrogen-bond acceptors (Lipinski definition) is 5. The summed E-state index contributed by atoms with van der Waals surface area (Å²) in [4.78, 5) is 19.6. The van der Waals surface area contributed by atoms with Crippen LogP contribution in [0.1, 0.15) is 36.0 Å². The van der Waals surface area contributed by atoms with Crippen molar-refractivity contribution < 1.29 is 18.7 Å². The van der Waals surface area contributed by atoms with Gasteiger partial charge < -0.3 is 18.8 Å². The number of oxazole rings is 1. The molecule has 0 spiro atoms. The summed E-state index contributed by atoms with van der Waals surface area (Å²) in [6, 6.07) is 13.0. The minimum Gasteiger partial charge on any atom is -0.497 e. The van der Waals surface area contributed by atoms with Crippen molar-refractivity contribution in [3.8, 4) is 34.3 Å². The van der Waals surface area contributed by atoms with Crippen LogP contribution in [-0.2, 0) is 0 Å². The Bertz CT molecular complexity index is 1020. The fraction of sp³-hybridized carbons (Fsp3) is 0.333. The monoisotopic (exact) mass is 406 g/mol. The molecule has 0 N–H and O–H groups in total. The molecule has 0 radical (unpaired) electrons. The molecular weight excluding hydrogens is 380 g/mol. The minimum atomic E-state index is 0.0364. The van der Waals surface area contributed by atoms with Gasteiger partial charge in [-0.15, -0.1) is 0 Å². The number of nitrogens with zero attached hydrogens (tertiary/aromatic N) is 2. The molecule has 0 atom stereocenters. The van der Waals surface area contributed by atoms with Gasteiger partial charge in [-0.1, -0.05) is 25.0 Å². The Kier molecular flexibility index (Phi) is 6.02. The summed E-state index contributed by atoms with van der Waals surface area (Å²) in [5.41, 5.74) is 2.09. The number of carbonyl (C=O) groups excluding carboxylic acids is 1. The van der Waals surface area contributed by atoms with Crippen molar-refractivity contribution in [2.45, 2.75) is 25.7 Å². The van der Waals surface area contributed by atoms with Crippen molar-refractivity contribution in [1.82, 2.24) is 9.88 Å². The molecule has 1 aliphatic heterocycles. The molecular formula is C24H26N2O4. The average Bonchev–Trinajstić information content (AvgIpc) is 3.12. The number of amides is 1. The molecule has 1 fully saturated rings. The van der Waals surface area contributed by atoms with Crippen LogP contribution in [0.2, 0.25) is 0 Å². The van der Waals surface area contributed by atoms with E-state index >= 15 is 0 Å². The van der Waals surface area contributed by atoms with Crippen LogP contribution < -0.4 is 9.47 Å². The lowest BCUT2D eigenvalue weighted by atomic mass is 10.1. The molecule has 2 aromatic carbocycles. The van der Waals surface area contributed by atoms with Crippen LogP contribution in [0.3, 0.4) is 0 Å². The van der Waals surface area contributed by atoms with Gasteiger partial charge in [-0.25, -0.2) is 4.98 Å². The van der Waals surface area contributed by atoms with E-state index in [-0.39, 0.29) is 5.91 Å². The highest BCUT2D eigenvalue weighted by Crippen LogP contribution is 2.36. The van der Waals surface area contributed by atoms with E-state index in [2.05, 4.69) is 4.98 Å². The number of ether oxygens (including phenoxy) is 2. The molecule has 0 unspecified atom stereocenters. The normalized spacial score (nSPS) is 14.3. The minimum absolute atomic E-state index is 0.0364. The van der Waals surface area contributed by atoms with Gasteiger partial charge in [0.05, 0.1) is 31.5 Å². The third-order valence-corrected chi connectivity index (χ3v) is 5.46.